The molecule has 0 radical (unpaired) electrons. The maximum Gasteiger partial charge on any atom is 0.238 e. The summed E-state index contributed by atoms with van der Waals surface area (Å²) in [6.45, 7) is 1.92. The van der Waals surface area contributed by atoms with Crippen molar-refractivity contribution in [2.24, 2.45) is 5.14 Å². The number of nitrogens with two attached hydrogens (primary N) is 1. The number of aromatic hydroxyl groups is 1. The third kappa shape index (κ3) is 4.09. The van der Waals surface area contributed by atoms with E-state index in [1.54, 1.807) is 18.2 Å². The quantitative estimate of drug-likeness (QED) is 0.603. The average molecular weight is 395 g/mol. The summed E-state index contributed by atoms with van der Waals surface area (Å²) >= 11 is 0. The van der Waals surface area contributed by atoms with Gasteiger partial charge in [0.1, 0.15) is 11.8 Å². The lowest BCUT2D eigenvalue weighted by Gasteiger charge is -2.10. The van der Waals surface area contributed by atoms with Crippen LogP contribution in [0.15, 0.2) is 53.6 Å². The molecule has 1 heterocycles. The minimum Gasteiger partial charge on any atom is -0.508 e. The Balaban J connectivity index is 1.96. The van der Waals surface area contributed by atoms with Crippen molar-refractivity contribution < 1.29 is 13.5 Å². The van der Waals surface area contributed by atoms with Gasteiger partial charge in [-0.2, -0.15) is 5.26 Å². The van der Waals surface area contributed by atoms with Crippen molar-refractivity contribution in [1.29, 1.82) is 5.26 Å². The first-order valence-corrected chi connectivity index (χ1v) is 9.85. The monoisotopic (exact) mass is 395 g/mol. The third-order valence-corrected chi connectivity index (χ3v) is 5.01. The number of sulfonamides is 1. The first kappa shape index (κ1) is 19.3. The fourth-order valence-corrected chi connectivity index (χ4v) is 3.13. The molecule has 0 aliphatic rings. The average Bonchev–Trinajstić information content (AvgIpc) is 2.68. The second-order valence-corrected chi connectivity index (χ2v) is 7.52. The molecule has 0 aliphatic carbocycles. The second-order valence-electron chi connectivity index (χ2n) is 5.96. The molecular formula is C19H17N5O3S. The van der Waals surface area contributed by atoms with Gasteiger partial charge in [0, 0.05) is 11.3 Å². The number of nitrogens with one attached hydrogen (secondary N) is 1. The van der Waals surface area contributed by atoms with Gasteiger partial charge in [0.2, 0.25) is 16.0 Å². The van der Waals surface area contributed by atoms with Gasteiger partial charge in [-0.1, -0.05) is 6.92 Å². The Hall–Kier alpha value is -3.48. The summed E-state index contributed by atoms with van der Waals surface area (Å²) in [5.74, 6) is 0.426. The number of hydrogen-bond acceptors (Lipinski definition) is 7. The second kappa shape index (κ2) is 7.64. The van der Waals surface area contributed by atoms with Gasteiger partial charge in [0.15, 0.2) is 0 Å². The van der Waals surface area contributed by atoms with Crippen molar-refractivity contribution in [1.82, 2.24) is 9.97 Å². The maximum absolute atomic E-state index is 11.3. The smallest absolute Gasteiger partial charge is 0.238 e. The Labute approximate surface area is 162 Å². The molecule has 2 aromatic carbocycles. The lowest BCUT2D eigenvalue weighted by atomic mass is 10.0. The summed E-state index contributed by atoms with van der Waals surface area (Å²) in [4.78, 5) is 8.54. The van der Waals surface area contributed by atoms with Crippen LogP contribution in [0, 0.1) is 11.3 Å². The molecule has 0 aliphatic heterocycles. The van der Waals surface area contributed by atoms with Gasteiger partial charge in [0.05, 0.1) is 22.3 Å². The number of benzene rings is 2. The van der Waals surface area contributed by atoms with Gasteiger partial charge in [-0.05, 0) is 54.4 Å². The fourth-order valence-electron chi connectivity index (χ4n) is 2.62. The molecule has 0 saturated carbocycles. The molecule has 9 heteroatoms. The molecule has 3 rings (SSSR count). The van der Waals surface area contributed by atoms with E-state index in [1.165, 1.54) is 30.5 Å². The third-order valence-electron chi connectivity index (χ3n) is 4.08. The molecule has 0 atom stereocenters. The van der Waals surface area contributed by atoms with Gasteiger partial charge in [0.25, 0.3) is 0 Å². The van der Waals surface area contributed by atoms with Crippen LogP contribution in [0.5, 0.6) is 5.75 Å². The highest BCUT2D eigenvalue weighted by atomic mass is 32.2. The Bertz CT molecular complexity index is 1170. The van der Waals surface area contributed by atoms with E-state index in [4.69, 9.17) is 5.14 Å². The number of phenolic OH excluding ortho intramolecular Hbond substituents is 1. The van der Waals surface area contributed by atoms with Gasteiger partial charge in [-0.15, -0.1) is 0 Å². The molecule has 4 N–H and O–H groups in total. The minimum atomic E-state index is -3.77. The molecule has 0 spiro atoms. The Morgan fingerprint density at radius 3 is 2.54 bits per heavy atom. The van der Waals surface area contributed by atoms with E-state index in [0.717, 1.165) is 5.56 Å². The summed E-state index contributed by atoms with van der Waals surface area (Å²) in [5.41, 5.74) is 2.70. The van der Waals surface area contributed by atoms with Crippen molar-refractivity contribution in [3.8, 4) is 23.1 Å². The lowest BCUT2D eigenvalue weighted by Crippen LogP contribution is -2.11. The highest BCUT2D eigenvalue weighted by Gasteiger charge is 2.12. The molecule has 0 bridgehead atoms. The summed E-state index contributed by atoms with van der Waals surface area (Å²) in [6.07, 6.45) is 2.04. The molecular weight excluding hydrogens is 378 g/mol. The van der Waals surface area contributed by atoms with E-state index < -0.39 is 10.0 Å². The number of anilines is 2. The predicted octanol–water partition coefficient (Wildman–Crippen LogP) is 2.67. The summed E-state index contributed by atoms with van der Waals surface area (Å²) < 4.78 is 22.7. The predicted molar refractivity (Wildman–Crippen MR) is 104 cm³/mol. The summed E-state index contributed by atoms with van der Waals surface area (Å²) in [7, 11) is -3.77. The molecule has 0 saturated heterocycles. The zero-order valence-electron chi connectivity index (χ0n) is 14.9. The Kier molecular flexibility index (Phi) is 5.26. The van der Waals surface area contributed by atoms with Crippen LogP contribution in [0.4, 0.5) is 11.6 Å². The van der Waals surface area contributed by atoms with E-state index in [1.807, 2.05) is 6.92 Å². The maximum atomic E-state index is 11.3. The van der Waals surface area contributed by atoms with Crippen molar-refractivity contribution in [2.75, 3.05) is 5.32 Å². The van der Waals surface area contributed by atoms with Gasteiger partial charge < -0.3 is 10.4 Å². The lowest BCUT2D eigenvalue weighted by molar-refractivity contribution is 0.469. The number of aromatic nitrogens is 2. The van der Waals surface area contributed by atoms with Crippen molar-refractivity contribution in [3.05, 3.63) is 59.8 Å². The van der Waals surface area contributed by atoms with Crippen LogP contribution >= 0.6 is 0 Å². The highest BCUT2D eigenvalue weighted by Crippen LogP contribution is 2.28. The van der Waals surface area contributed by atoms with Gasteiger partial charge in [-0.25, -0.2) is 23.5 Å². The molecule has 0 amide bonds. The first-order valence-electron chi connectivity index (χ1n) is 8.31. The van der Waals surface area contributed by atoms with Crippen molar-refractivity contribution >= 4 is 21.7 Å². The number of hydrogen-bond donors (Lipinski definition) is 3. The highest BCUT2D eigenvalue weighted by molar-refractivity contribution is 7.89. The summed E-state index contributed by atoms with van der Waals surface area (Å²) in [5, 5.41) is 27.3. The Morgan fingerprint density at radius 2 is 1.93 bits per heavy atom. The van der Waals surface area contributed by atoms with E-state index in [0.29, 0.717) is 28.9 Å². The number of aryl methyl sites for hydroxylation is 1. The number of rotatable bonds is 5. The molecule has 3 aromatic rings. The zero-order valence-corrected chi connectivity index (χ0v) is 15.7. The molecule has 142 valence electrons. The van der Waals surface area contributed by atoms with Crippen LogP contribution < -0.4 is 10.5 Å². The largest absolute Gasteiger partial charge is 0.508 e. The van der Waals surface area contributed by atoms with Gasteiger partial charge in [-0.3, -0.25) is 0 Å². The van der Waals surface area contributed by atoms with Crippen LogP contribution in [-0.4, -0.2) is 23.5 Å². The molecule has 0 unspecified atom stereocenters. The minimum absolute atomic E-state index is 0.00401. The van der Waals surface area contributed by atoms with Crippen LogP contribution in [0.25, 0.3) is 11.3 Å². The van der Waals surface area contributed by atoms with Gasteiger partial charge >= 0.3 is 0 Å². The molecule has 1 aromatic heterocycles. The number of primary sulfonamides is 1. The normalized spacial score (nSPS) is 11.0. The molecule has 28 heavy (non-hydrogen) atoms. The standard InChI is InChI=1S/C19H17N5O3S/c1-2-12-9-13(3-8-17(12)25)18-14(10-20)11-22-19(24-18)23-15-4-6-16(7-5-15)28(21,26)27/h3-9,11,25H,2H2,1H3,(H2,21,26,27)(H,22,23,24). The van der Waals surface area contributed by atoms with Crippen molar-refractivity contribution in [2.45, 2.75) is 18.2 Å². The van der Waals surface area contributed by atoms with Crippen LogP contribution in [0.1, 0.15) is 18.1 Å². The summed E-state index contributed by atoms with van der Waals surface area (Å²) in [6, 6.07) is 12.9. The van der Waals surface area contributed by atoms with E-state index in [9.17, 15) is 18.8 Å². The molecule has 0 fully saturated rings. The SMILES string of the molecule is CCc1cc(-c2nc(Nc3ccc(S(N)(=O)=O)cc3)ncc2C#N)ccc1O. The fraction of sp³-hybridized carbons (Fsp3) is 0.105. The number of nitriles is 1. The topological polar surface area (TPSA) is 142 Å². The number of phenols is 1. The van der Waals surface area contributed by atoms with Crippen LogP contribution in [-0.2, 0) is 16.4 Å². The zero-order chi connectivity index (χ0) is 20.3. The molecule has 8 nitrogen and oxygen atoms in total. The van der Waals surface area contributed by atoms with E-state index >= 15 is 0 Å². The van der Waals surface area contributed by atoms with E-state index in [-0.39, 0.29) is 16.6 Å². The van der Waals surface area contributed by atoms with Crippen LogP contribution in [0.2, 0.25) is 0 Å². The van der Waals surface area contributed by atoms with Crippen LogP contribution in [0.3, 0.4) is 0 Å². The Morgan fingerprint density at radius 1 is 1.21 bits per heavy atom. The first-order chi connectivity index (χ1) is 13.3. The van der Waals surface area contributed by atoms with Crippen molar-refractivity contribution in [3.63, 3.8) is 0 Å². The van der Waals surface area contributed by atoms with E-state index in [2.05, 4.69) is 21.4 Å². The number of nitrogens with zero attached hydrogens (tertiary/aromatic N) is 3.